The first kappa shape index (κ1) is 21.6. The monoisotopic (exact) mass is 413 g/mol. The Morgan fingerprint density at radius 1 is 1.03 bits per heavy atom. The summed E-state index contributed by atoms with van der Waals surface area (Å²) in [5, 5.41) is 12.3. The number of hydrogen-bond donors (Lipinski definition) is 1. The van der Waals surface area contributed by atoms with Crippen LogP contribution in [-0.2, 0) is 9.59 Å². The van der Waals surface area contributed by atoms with Crippen molar-refractivity contribution in [1.29, 1.82) is 5.26 Å². The van der Waals surface area contributed by atoms with Gasteiger partial charge in [-0.15, -0.1) is 0 Å². The second kappa shape index (κ2) is 9.14. The first-order valence-electron chi connectivity index (χ1n) is 9.76. The molecule has 6 heteroatoms. The number of carbonyl (C=O) groups is 2. The van der Waals surface area contributed by atoms with Gasteiger partial charge >= 0.3 is 5.97 Å². The summed E-state index contributed by atoms with van der Waals surface area (Å²) in [7, 11) is 0. The number of rotatable bonds is 5. The fourth-order valence-electron chi connectivity index (χ4n) is 3.30. The first-order valence-corrected chi connectivity index (χ1v) is 9.76. The SMILES string of the molecule is CC(=O)Oc1ccc(-n2c(C)cc(/C=C(/C#N)C(=O)Nc3ccc(C)cc3)c2C)cc1. The van der Waals surface area contributed by atoms with E-state index in [2.05, 4.69) is 5.32 Å². The molecule has 3 rings (SSSR count). The normalized spacial score (nSPS) is 11.0. The molecule has 0 spiro atoms. The van der Waals surface area contributed by atoms with Crippen molar-refractivity contribution in [3.05, 3.63) is 82.7 Å². The van der Waals surface area contributed by atoms with Crippen LogP contribution in [0.5, 0.6) is 5.75 Å². The zero-order chi connectivity index (χ0) is 22.5. The Morgan fingerprint density at radius 2 is 1.68 bits per heavy atom. The number of nitriles is 1. The lowest BCUT2D eigenvalue weighted by atomic mass is 10.1. The summed E-state index contributed by atoms with van der Waals surface area (Å²) in [6, 6.07) is 18.4. The third kappa shape index (κ3) is 5.09. The van der Waals surface area contributed by atoms with Gasteiger partial charge in [-0.25, -0.2) is 0 Å². The van der Waals surface area contributed by atoms with Crippen LogP contribution in [0.3, 0.4) is 0 Å². The van der Waals surface area contributed by atoms with Gasteiger partial charge in [-0.05, 0) is 74.9 Å². The van der Waals surface area contributed by atoms with Crippen molar-refractivity contribution in [3.8, 4) is 17.5 Å². The Morgan fingerprint density at radius 3 is 2.26 bits per heavy atom. The number of nitrogens with one attached hydrogen (secondary N) is 1. The van der Waals surface area contributed by atoms with Crippen LogP contribution in [0.4, 0.5) is 5.69 Å². The van der Waals surface area contributed by atoms with E-state index < -0.39 is 5.91 Å². The van der Waals surface area contributed by atoms with Crippen LogP contribution < -0.4 is 10.1 Å². The molecule has 0 aliphatic heterocycles. The molecule has 0 fully saturated rings. The Kier molecular flexibility index (Phi) is 6.37. The summed E-state index contributed by atoms with van der Waals surface area (Å²) in [6.45, 7) is 7.19. The Labute approximate surface area is 181 Å². The number of aryl methyl sites for hydroxylation is 2. The lowest BCUT2D eigenvalue weighted by Gasteiger charge is -2.10. The van der Waals surface area contributed by atoms with E-state index in [1.165, 1.54) is 6.92 Å². The van der Waals surface area contributed by atoms with Gasteiger partial charge in [0.25, 0.3) is 5.91 Å². The third-order valence-corrected chi connectivity index (χ3v) is 4.80. The van der Waals surface area contributed by atoms with Crippen molar-refractivity contribution in [1.82, 2.24) is 4.57 Å². The topological polar surface area (TPSA) is 84.1 Å². The summed E-state index contributed by atoms with van der Waals surface area (Å²) in [5.74, 6) is -0.360. The molecule has 1 heterocycles. The van der Waals surface area contributed by atoms with E-state index >= 15 is 0 Å². The van der Waals surface area contributed by atoms with Crippen molar-refractivity contribution in [2.24, 2.45) is 0 Å². The van der Waals surface area contributed by atoms with Crippen molar-refractivity contribution in [2.75, 3.05) is 5.32 Å². The molecule has 0 bridgehead atoms. The standard InChI is InChI=1S/C25H23N3O3/c1-16-5-7-22(8-6-16)27-25(30)21(15-26)14-20-13-17(2)28(18(20)3)23-9-11-24(12-10-23)31-19(4)29/h5-14H,1-4H3,(H,27,30)/b21-14-. The zero-order valence-corrected chi connectivity index (χ0v) is 17.9. The van der Waals surface area contributed by atoms with E-state index in [0.29, 0.717) is 11.4 Å². The highest BCUT2D eigenvalue weighted by molar-refractivity contribution is 6.09. The van der Waals surface area contributed by atoms with Crippen LogP contribution in [-0.4, -0.2) is 16.4 Å². The van der Waals surface area contributed by atoms with Gasteiger partial charge in [0.2, 0.25) is 0 Å². The predicted octanol–water partition coefficient (Wildman–Crippen LogP) is 4.87. The van der Waals surface area contributed by atoms with Gasteiger partial charge < -0.3 is 14.6 Å². The number of amides is 1. The molecule has 6 nitrogen and oxygen atoms in total. The Hall–Kier alpha value is -4.11. The molecule has 0 unspecified atom stereocenters. The molecular formula is C25H23N3O3. The highest BCUT2D eigenvalue weighted by Crippen LogP contribution is 2.25. The summed E-state index contributed by atoms with van der Waals surface area (Å²) < 4.78 is 7.09. The van der Waals surface area contributed by atoms with E-state index in [-0.39, 0.29) is 11.5 Å². The van der Waals surface area contributed by atoms with Gasteiger partial charge in [0.15, 0.2) is 0 Å². The zero-order valence-electron chi connectivity index (χ0n) is 17.9. The fraction of sp³-hybridized carbons (Fsp3) is 0.160. The maximum Gasteiger partial charge on any atom is 0.308 e. The molecule has 156 valence electrons. The number of anilines is 1. The minimum atomic E-state index is -0.457. The van der Waals surface area contributed by atoms with Crippen molar-refractivity contribution < 1.29 is 14.3 Å². The maximum absolute atomic E-state index is 12.6. The molecule has 1 aromatic heterocycles. The lowest BCUT2D eigenvalue weighted by Crippen LogP contribution is -2.13. The number of ether oxygens (including phenoxy) is 1. The Balaban J connectivity index is 1.88. The molecule has 0 saturated carbocycles. The summed E-state index contributed by atoms with van der Waals surface area (Å²) in [6.07, 6.45) is 1.59. The molecule has 0 aliphatic carbocycles. The van der Waals surface area contributed by atoms with E-state index in [1.807, 2.05) is 61.7 Å². The lowest BCUT2D eigenvalue weighted by molar-refractivity contribution is -0.131. The number of hydrogen-bond acceptors (Lipinski definition) is 4. The number of aromatic nitrogens is 1. The van der Waals surface area contributed by atoms with Crippen LogP contribution in [0.25, 0.3) is 11.8 Å². The molecule has 31 heavy (non-hydrogen) atoms. The fourth-order valence-corrected chi connectivity index (χ4v) is 3.30. The van der Waals surface area contributed by atoms with Crippen molar-refractivity contribution in [2.45, 2.75) is 27.7 Å². The van der Waals surface area contributed by atoms with Crippen molar-refractivity contribution in [3.63, 3.8) is 0 Å². The van der Waals surface area contributed by atoms with E-state index in [1.54, 1.807) is 30.3 Å². The molecular weight excluding hydrogens is 390 g/mol. The summed E-state index contributed by atoms with van der Waals surface area (Å²) in [4.78, 5) is 23.7. The summed E-state index contributed by atoms with van der Waals surface area (Å²) >= 11 is 0. The third-order valence-electron chi connectivity index (χ3n) is 4.80. The minimum Gasteiger partial charge on any atom is -0.427 e. The quantitative estimate of drug-likeness (QED) is 0.280. The molecule has 0 atom stereocenters. The molecule has 0 saturated heterocycles. The largest absolute Gasteiger partial charge is 0.427 e. The summed E-state index contributed by atoms with van der Waals surface area (Å²) in [5.41, 5.74) is 5.22. The highest BCUT2D eigenvalue weighted by Gasteiger charge is 2.14. The maximum atomic E-state index is 12.6. The van der Waals surface area contributed by atoms with Gasteiger partial charge in [-0.1, -0.05) is 17.7 Å². The second-order valence-corrected chi connectivity index (χ2v) is 7.24. The van der Waals surface area contributed by atoms with Gasteiger partial charge in [0.05, 0.1) is 0 Å². The average Bonchev–Trinajstić information content (AvgIpc) is 3.01. The van der Waals surface area contributed by atoms with Gasteiger partial charge in [0, 0.05) is 29.7 Å². The van der Waals surface area contributed by atoms with E-state index in [9.17, 15) is 14.9 Å². The van der Waals surface area contributed by atoms with Gasteiger partial charge in [0.1, 0.15) is 17.4 Å². The molecule has 1 N–H and O–H groups in total. The number of esters is 1. The average molecular weight is 413 g/mol. The first-order chi connectivity index (χ1) is 14.8. The smallest absolute Gasteiger partial charge is 0.308 e. The van der Waals surface area contributed by atoms with Crippen LogP contribution in [0.1, 0.15) is 29.4 Å². The van der Waals surface area contributed by atoms with E-state index in [0.717, 1.165) is 28.2 Å². The second-order valence-electron chi connectivity index (χ2n) is 7.24. The minimum absolute atomic E-state index is 0.0195. The molecule has 3 aromatic rings. The highest BCUT2D eigenvalue weighted by atomic mass is 16.5. The van der Waals surface area contributed by atoms with Crippen LogP contribution in [0, 0.1) is 32.1 Å². The molecule has 2 aromatic carbocycles. The number of carbonyl (C=O) groups excluding carboxylic acids is 2. The molecule has 0 aliphatic rings. The van der Waals surface area contributed by atoms with Gasteiger partial charge in [-0.2, -0.15) is 5.26 Å². The van der Waals surface area contributed by atoms with E-state index in [4.69, 9.17) is 4.74 Å². The number of benzene rings is 2. The van der Waals surface area contributed by atoms with Gasteiger partial charge in [-0.3, -0.25) is 9.59 Å². The van der Waals surface area contributed by atoms with Crippen LogP contribution in [0.15, 0.2) is 60.2 Å². The molecule has 0 radical (unpaired) electrons. The number of nitrogens with zero attached hydrogens (tertiary/aromatic N) is 2. The van der Waals surface area contributed by atoms with Crippen LogP contribution >= 0.6 is 0 Å². The predicted molar refractivity (Wildman–Crippen MR) is 120 cm³/mol. The van der Waals surface area contributed by atoms with Crippen LogP contribution in [0.2, 0.25) is 0 Å². The molecule has 1 amide bonds. The van der Waals surface area contributed by atoms with Crippen molar-refractivity contribution >= 4 is 23.6 Å². The Bertz CT molecular complexity index is 1190.